The first kappa shape index (κ1) is 18.6. The number of amides is 1. The summed E-state index contributed by atoms with van der Waals surface area (Å²) >= 11 is 3.25. The lowest BCUT2D eigenvalue weighted by molar-refractivity contribution is -0.139. The Morgan fingerprint density at radius 3 is 2.68 bits per heavy atom. The van der Waals surface area contributed by atoms with Crippen molar-refractivity contribution in [3.05, 3.63) is 58.3 Å². The van der Waals surface area contributed by atoms with Crippen molar-refractivity contribution >= 4 is 33.8 Å². The molecular formula is C17H15BrN2O5. The number of aromatic nitrogens is 1. The number of halogens is 1. The van der Waals surface area contributed by atoms with E-state index in [2.05, 4.69) is 26.2 Å². The third-order valence-electron chi connectivity index (χ3n) is 3.22. The monoisotopic (exact) mass is 406 g/mol. The number of pyridine rings is 1. The Kier molecular flexibility index (Phi) is 6.24. The second kappa shape index (κ2) is 8.39. The van der Waals surface area contributed by atoms with E-state index in [4.69, 9.17) is 4.74 Å². The van der Waals surface area contributed by atoms with E-state index in [-0.39, 0.29) is 17.7 Å². The lowest BCUT2D eigenvalue weighted by Crippen LogP contribution is -2.42. The molecule has 0 saturated heterocycles. The van der Waals surface area contributed by atoms with Crippen molar-refractivity contribution in [2.24, 2.45) is 0 Å². The molecule has 2 aromatic rings. The normalized spacial score (nSPS) is 11.4. The van der Waals surface area contributed by atoms with E-state index in [1.807, 2.05) is 0 Å². The molecule has 25 heavy (non-hydrogen) atoms. The Balaban J connectivity index is 2.14. The van der Waals surface area contributed by atoms with Gasteiger partial charge in [-0.2, -0.15) is 0 Å². The second-order valence-electron chi connectivity index (χ2n) is 5.14. The number of hydrogen-bond acceptors (Lipinski definition) is 5. The molecule has 0 aliphatic rings. The van der Waals surface area contributed by atoms with Crippen LogP contribution in [0.2, 0.25) is 0 Å². The molecule has 0 bridgehead atoms. The summed E-state index contributed by atoms with van der Waals surface area (Å²) < 4.78 is 5.44. The molecule has 0 radical (unpaired) electrons. The summed E-state index contributed by atoms with van der Waals surface area (Å²) in [6.45, 7) is 1.25. The van der Waals surface area contributed by atoms with Gasteiger partial charge in [0.15, 0.2) is 0 Å². The van der Waals surface area contributed by atoms with Crippen molar-refractivity contribution in [3.63, 3.8) is 0 Å². The number of hydrogen-bond donors (Lipinski definition) is 2. The molecule has 1 atom stereocenters. The first-order valence-corrected chi connectivity index (χ1v) is 8.07. The Morgan fingerprint density at radius 1 is 1.28 bits per heavy atom. The Bertz CT molecular complexity index is 809. The van der Waals surface area contributed by atoms with Gasteiger partial charge in [0.05, 0.1) is 0 Å². The maximum absolute atomic E-state index is 12.3. The zero-order valence-corrected chi connectivity index (χ0v) is 14.8. The minimum atomic E-state index is -1.17. The molecule has 7 nitrogen and oxygen atoms in total. The molecule has 0 saturated carbocycles. The fourth-order valence-electron chi connectivity index (χ4n) is 2.10. The molecule has 1 aromatic heterocycles. The highest BCUT2D eigenvalue weighted by Crippen LogP contribution is 2.16. The standard InChI is InChI=1S/C17H15BrN2O5/c1-10(21)25-13-6-2-4-12(8-13)16(22)20-14(17(23)24)9-11-5-3-7-19-15(11)18/h2-8,14H,9H2,1H3,(H,20,22)(H,23,24)/t14-/m0/s1. The number of nitrogens with one attached hydrogen (secondary N) is 1. The number of aliphatic carboxylic acids is 1. The molecule has 2 N–H and O–H groups in total. The van der Waals surface area contributed by atoms with Gasteiger partial charge in [-0.05, 0) is 45.8 Å². The fraction of sp³-hybridized carbons (Fsp3) is 0.176. The van der Waals surface area contributed by atoms with Gasteiger partial charge in [-0.3, -0.25) is 9.59 Å². The van der Waals surface area contributed by atoms with Gasteiger partial charge < -0.3 is 15.2 Å². The van der Waals surface area contributed by atoms with Crippen LogP contribution in [0.25, 0.3) is 0 Å². The van der Waals surface area contributed by atoms with Crippen LogP contribution >= 0.6 is 15.9 Å². The summed E-state index contributed by atoms with van der Waals surface area (Å²) in [5.74, 6) is -2.05. The quantitative estimate of drug-likeness (QED) is 0.432. The molecule has 0 fully saturated rings. The summed E-state index contributed by atoms with van der Waals surface area (Å²) in [5.41, 5.74) is 0.846. The lowest BCUT2D eigenvalue weighted by Gasteiger charge is -2.15. The molecule has 0 aliphatic carbocycles. The number of benzene rings is 1. The number of rotatable bonds is 6. The molecule has 2 rings (SSSR count). The van der Waals surface area contributed by atoms with Crippen LogP contribution in [0.15, 0.2) is 47.2 Å². The van der Waals surface area contributed by atoms with Crippen LogP contribution in [0.1, 0.15) is 22.8 Å². The van der Waals surface area contributed by atoms with Crippen LogP contribution in [-0.4, -0.2) is 34.0 Å². The van der Waals surface area contributed by atoms with E-state index in [0.717, 1.165) is 0 Å². The molecule has 0 spiro atoms. The van der Waals surface area contributed by atoms with E-state index < -0.39 is 23.9 Å². The van der Waals surface area contributed by atoms with Gasteiger partial charge >= 0.3 is 11.9 Å². The molecule has 1 amide bonds. The minimum absolute atomic E-state index is 0.0686. The third-order valence-corrected chi connectivity index (χ3v) is 3.94. The molecule has 0 aliphatic heterocycles. The number of ether oxygens (including phenoxy) is 1. The van der Waals surface area contributed by atoms with Crippen LogP contribution < -0.4 is 10.1 Å². The summed E-state index contributed by atoms with van der Waals surface area (Å²) in [7, 11) is 0. The van der Waals surface area contributed by atoms with Gasteiger partial charge in [-0.1, -0.05) is 12.1 Å². The highest BCUT2D eigenvalue weighted by molar-refractivity contribution is 9.10. The van der Waals surface area contributed by atoms with Gasteiger partial charge in [-0.25, -0.2) is 9.78 Å². The Labute approximate surface area is 152 Å². The number of carbonyl (C=O) groups is 3. The predicted octanol–water partition coefficient (Wildman–Crippen LogP) is 2.20. The van der Waals surface area contributed by atoms with Gasteiger partial charge in [0, 0.05) is 25.1 Å². The second-order valence-corrected chi connectivity index (χ2v) is 5.89. The molecule has 1 aromatic carbocycles. The van der Waals surface area contributed by atoms with Crippen molar-refractivity contribution in [1.82, 2.24) is 10.3 Å². The predicted molar refractivity (Wildman–Crippen MR) is 92.3 cm³/mol. The number of carboxylic acids is 1. The van der Waals surface area contributed by atoms with Crippen molar-refractivity contribution in [2.75, 3.05) is 0 Å². The maximum Gasteiger partial charge on any atom is 0.326 e. The van der Waals surface area contributed by atoms with Crippen LogP contribution in [0.4, 0.5) is 0 Å². The first-order chi connectivity index (χ1) is 11.9. The highest BCUT2D eigenvalue weighted by atomic mass is 79.9. The first-order valence-electron chi connectivity index (χ1n) is 7.28. The van der Waals surface area contributed by atoms with Crippen LogP contribution in [-0.2, 0) is 16.0 Å². The van der Waals surface area contributed by atoms with Gasteiger partial charge in [-0.15, -0.1) is 0 Å². The Hall–Kier alpha value is -2.74. The summed E-state index contributed by atoms with van der Waals surface area (Å²) in [6.07, 6.45) is 1.64. The van der Waals surface area contributed by atoms with Gasteiger partial charge in [0.25, 0.3) is 5.91 Å². The maximum atomic E-state index is 12.3. The molecule has 0 unspecified atom stereocenters. The van der Waals surface area contributed by atoms with E-state index in [1.165, 1.54) is 25.1 Å². The number of carbonyl (C=O) groups excluding carboxylic acids is 2. The van der Waals surface area contributed by atoms with Crippen molar-refractivity contribution in [2.45, 2.75) is 19.4 Å². The van der Waals surface area contributed by atoms with E-state index >= 15 is 0 Å². The van der Waals surface area contributed by atoms with Crippen LogP contribution in [0.5, 0.6) is 5.75 Å². The van der Waals surface area contributed by atoms with E-state index in [1.54, 1.807) is 24.4 Å². The van der Waals surface area contributed by atoms with Gasteiger partial charge in [0.2, 0.25) is 0 Å². The summed E-state index contributed by atoms with van der Waals surface area (Å²) in [6, 6.07) is 8.21. The van der Waals surface area contributed by atoms with Crippen molar-refractivity contribution in [1.29, 1.82) is 0 Å². The van der Waals surface area contributed by atoms with Crippen molar-refractivity contribution in [3.8, 4) is 5.75 Å². The third kappa shape index (κ3) is 5.39. The lowest BCUT2D eigenvalue weighted by atomic mass is 10.1. The van der Waals surface area contributed by atoms with E-state index in [0.29, 0.717) is 10.2 Å². The zero-order valence-electron chi connectivity index (χ0n) is 13.2. The van der Waals surface area contributed by atoms with E-state index in [9.17, 15) is 19.5 Å². The minimum Gasteiger partial charge on any atom is -0.480 e. The van der Waals surface area contributed by atoms with Crippen LogP contribution in [0.3, 0.4) is 0 Å². The number of nitrogens with zero attached hydrogens (tertiary/aromatic N) is 1. The average Bonchev–Trinajstić information content (AvgIpc) is 2.55. The zero-order chi connectivity index (χ0) is 18.4. The number of esters is 1. The molecule has 130 valence electrons. The van der Waals surface area contributed by atoms with Crippen LogP contribution in [0, 0.1) is 0 Å². The smallest absolute Gasteiger partial charge is 0.326 e. The summed E-state index contributed by atoms with van der Waals surface area (Å²) in [5, 5.41) is 11.8. The SMILES string of the molecule is CC(=O)Oc1cccc(C(=O)N[C@@H](Cc2cccnc2Br)C(=O)O)c1. The topological polar surface area (TPSA) is 106 Å². The fourth-order valence-corrected chi connectivity index (χ4v) is 2.51. The largest absolute Gasteiger partial charge is 0.480 e. The molecule has 8 heteroatoms. The summed E-state index contributed by atoms with van der Waals surface area (Å²) in [4.78, 5) is 38.8. The number of carboxylic acid groups (broad SMARTS) is 1. The Morgan fingerprint density at radius 2 is 2.04 bits per heavy atom. The van der Waals surface area contributed by atoms with Crippen molar-refractivity contribution < 1.29 is 24.2 Å². The molecule has 1 heterocycles. The highest BCUT2D eigenvalue weighted by Gasteiger charge is 2.22. The molecular weight excluding hydrogens is 392 g/mol. The van der Waals surface area contributed by atoms with Gasteiger partial charge in [0.1, 0.15) is 16.4 Å². The average molecular weight is 407 g/mol.